The zero-order valence-electron chi connectivity index (χ0n) is 14.0. The average Bonchev–Trinajstić information content (AvgIpc) is 3.28. The van der Waals surface area contributed by atoms with E-state index in [1.165, 1.54) is 0 Å². The predicted molar refractivity (Wildman–Crippen MR) is 90.6 cm³/mol. The molecule has 0 saturated heterocycles. The number of carbonyl (C=O) groups is 1. The molecule has 3 heterocycles. The summed E-state index contributed by atoms with van der Waals surface area (Å²) >= 11 is 0. The first-order chi connectivity index (χ1) is 12.1. The van der Waals surface area contributed by atoms with Gasteiger partial charge in [-0.15, -0.1) is 0 Å². The normalized spacial score (nSPS) is 11.3. The van der Waals surface area contributed by atoms with Crippen LogP contribution in [-0.2, 0) is 11.8 Å². The molecule has 0 fully saturated rings. The van der Waals surface area contributed by atoms with Crippen LogP contribution in [-0.4, -0.2) is 39.7 Å². The van der Waals surface area contributed by atoms with E-state index >= 15 is 0 Å². The molecular weight excluding hydrogens is 324 g/mol. The van der Waals surface area contributed by atoms with E-state index in [-0.39, 0.29) is 12.3 Å². The second-order valence-corrected chi connectivity index (χ2v) is 5.52. The van der Waals surface area contributed by atoms with Crippen molar-refractivity contribution in [3.63, 3.8) is 0 Å². The Kier molecular flexibility index (Phi) is 3.45. The summed E-state index contributed by atoms with van der Waals surface area (Å²) in [5.41, 5.74) is 3.33. The Bertz CT molecular complexity index is 1090. The third-order valence-corrected chi connectivity index (χ3v) is 3.96. The van der Waals surface area contributed by atoms with Crippen LogP contribution < -0.4 is 4.74 Å². The van der Waals surface area contributed by atoms with E-state index in [1.807, 2.05) is 25.4 Å². The molecule has 0 aliphatic carbocycles. The Morgan fingerprint density at radius 1 is 1.40 bits per heavy atom. The summed E-state index contributed by atoms with van der Waals surface area (Å²) < 4.78 is 18.0. The van der Waals surface area contributed by atoms with Gasteiger partial charge >= 0.3 is 5.97 Å². The van der Waals surface area contributed by atoms with Crippen molar-refractivity contribution in [2.24, 2.45) is 7.05 Å². The van der Waals surface area contributed by atoms with E-state index in [1.54, 1.807) is 24.8 Å². The van der Waals surface area contributed by atoms with Gasteiger partial charge < -0.3 is 13.9 Å². The summed E-state index contributed by atoms with van der Waals surface area (Å²) in [6, 6.07) is 5.59. The first-order valence-corrected chi connectivity index (χ1v) is 7.78. The molecule has 4 aromatic rings. The molecule has 0 saturated carbocycles. The van der Waals surface area contributed by atoms with Crippen molar-refractivity contribution < 1.29 is 18.7 Å². The summed E-state index contributed by atoms with van der Waals surface area (Å²) in [7, 11) is 3.44. The van der Waals surface area contributed by atoms with Crippen molar-refractivity contribution in [3.8, 4) is 17.0 Å². The topological polar surface area (TPSA) is 95.2 Å². The summed E-state index contributed by atoms with van der Waals surface area (Å²) in [6.45, 7) is 2.01. The first kappa shape index (κ1) is 15.3. The van der Waals surface area contributed by atoms with Crippen molar-refractivity contribution in [1.82, 2.24) is 20.0 Å². The number of nitrogens with zero attached hydrogens (tertiary/aromatic N) is 3. The highest BCUT2D eigenvalue weighted by Gasteiger charge is 2.23. The van der Waals surface area contributed by atoms with Crippen LogP contribution in [0, 0.1) is 0 Å². The minimum atomic E-state index is -0.523. The van der Waals surface area contributed by atoms with Gasteiger partial charge in [-0.3, -0.25) is 9.78 Å². The molecule has 0 amide bonds. The molecule has 0 bridgehead atoms. The van der Waals surface area contributed by atoms with Gasteiger partial charge in [-0.05, 0) is 19.1 Å². The smallest absolute Gasteiger partial charge is 0.362 e. The number of carbonyl (C=O) groups excluding carboxylic acids is 1. The molecule has 8 heteroatoms. The number of aromatic amines is 1. The molecule has 0 spiro atoms. The molecule has 1 aromatic carbocycles. The molecular formula is C17H16N4O4. The highest BCUT2D eigenvalue weighted by molar-refractivity contribution is 6.10. The molecule has 3 aromatic heterocycles. The van der Waals surface area contributed by atoms with Gasteiger partial charge in [-0.2, -0.15) is 10.2 Å². The SMILES string of the molecule is CCOC(=O)c1n[nH]c2c1oc1cc(OC)c(-c3ccn(C)n3)cc12. The minimum absolute atomic E-state index is 0.131. The number of aromatic nitrogens is 4. The lowest BCUT2D eigenvalue weighted by molar-refractivity contribution is 0.0520. The Labute approximate surface area is 142 Å². The second kappa shape index (κ2) is 5.66. The fourth-order valence-corrected chi connectivity index (χ4v) is 2.83. The standard InChI is InChI=1S/C17H16N4O4/c1-4-24-17(22)15-16-14(18-19-15)10-7-9(11-5-6-21(2)20-11)12(23-3)8-13(10)25-16/h5-8H,4H2,1-3H3,(H,18,19). The van der Waals surface area contributed by atoms with Gasteiger partial charge in [0, 0.05) is 30.3 Å². The fraction of sp³-hybridized carbons (Fsp3) is 0.235. The van der Waals surface area contributed by atoms with Crippen molar-refractivity contribution in [2.45, 2.75) is 6.92 Å². The van der Waals surface area contributed by atoms with Gasteiger partial charge in [-0.1, -0.05) is 0 Å². The molecule has 1 N–H and O–H groups in total. The average molecular weight is 340 g/mol. The molecule has 0 radical (unpaired) electrons. The number of ether oxygens (including phenoxy) is 2. The number of methoxy groups -OCH3 is 1. The van der Waals surface area contributed by atoms with Crippen LogP contribution in [0.3, 0.4) is 0 Å². The van der Waals surface area contributed by atoms with Gasteiger partial charge in [0.2, 0.25) is 5.69 Å². The van der Waals surface area contributed by atoms with Gasteiger partial charge in [0.15, 0.2) is 5.58 Å². The monoisotopic (exact) mass is 340 g/mol. The molecule has 4 rings (SSSR count). The molecule has 25 heavy (non-hydrogen) atoms. The van der Waals surface area contributed by atoms with E-state index < -0.39 is 5.97 Å². The lowest BCUT2D eigenvalue weighted by atomic mass is 10.1. The number of furan rings is 1. The number of H-pyrrole nitrogens is 1. The van der Waals surface area contributed by atoms with Gasteiger partial charge in [0.1, 0.15) is 16.8 Å². The number of hydrogen-bond acceptors (Lipinski definition) is 6. The van der Waals surface area contributed by atoms with Crippen molar-refractivity contribution in [3.05, 3.63) is 30.1 Å². The second-order valence-electron chi connectivity index (χ2n) is 5.52. The van der Waals surface area contributed by atoms with Gasteiger partial charge in [0.05, 0.1) is 19.4 Å². The summed E-state index contributed by atoms with van der Waals surface area (Å²) in [4.78, 5) is 12.0. The highest BCUT2D eigenvalue weighted by Crippen LogP contribution is 2.38. The number of rotatable bonds is 4. The van der Waals surface area contributed by atoms with Crippen LogP contribution in [0.15, 0.2) is 28.8 Å². The van der Waals surface area contributed by atoms with E-state index in [9.17, 15) is 4.79 Å². The molecule has 128 valence electrons. The van der Waals surface area contributed by atoms with E-state index in [0.29, 0.717) is 22.4 Å². The lowest BCUT2D eigenvalue weighted by Gasteiger charge is -2.06. The number of esters is 1. The Hall–Kier alpha value is -3.29. The third-order valence-electron chi connectivity index (χ3n) is 3.96. The summed E-state index contributed by atoms with van der Waals surface area (Å²) in [6.07, 6.45) is 1.86. The van der Waals surface area contributed by atoms with Crippen molar-refractivity contribution >= 4 is 28.0 Å². The van der Waals surface area contributed by atoms with Gasteiger partial charge in [-0.25, -0.2) is 4.79 Å². The third kappa shape index (κ3) is 2.34. The maximum Gasteiger partial charge on any atom is 0.362 e. The Balaban J connectivity index is 1.94. The Morgan fingerprint density at radius 3 is 2.92 bits per heavy atom. The first-order valence-electron chi connectivity index (χ1n) is 7.78. The van der Waals surface area contributed by atoms with Crippen LogP contribution in [0.4, 0.5) is 0 Å². The summed E-state index contributed by atoms with van der Waals surface area (Å²) in [5, 5.41) is 12.1. The van der Waals surface area contributed by atoms with Crippen LogP contribution in [0.25, 0.3) is 33.3 Å². The molecule has 0 atom stereocenters. The van der Waals surface area contributed by atoms with Crippen molar-refractivity contribution in [2.75, 3.05) is 13.7 Å². The number of benzene rings is 1. The summed E-state index contributed by atoms with van der Waals surface area (Å²) in [5.74, 6) is 0.109. The van der Waals surface area contributed by atoms with E-state index in [4.69, 9.17) is 13.9 Å². The number of fused-ring (bicyclic) bond motifs is 3. The van der Waals surface area contributed by atoms with E-state index in [2.05, 4.69) is 15.3 Å². The predicted octanol–water partition coefficient (Wildman–Crippen LogP) is 2.89. The van der Waals surface area contributed by atoms with Crippen LogP contribution in [0.1, 0.15) is 17.4 Å². The minimum Gasteiger partial charge on any atom is -0.496 e. The fourth-order valence-electron chi connectivity index (χ4n) is 2.83. The highest BCUT2D eigenvalue weighted by atomic mass is 16.5. The molecule has 0 unspecified atom stereocenters. The molecule has 8 nitrogen and oxygen atoms in total. The largest absolute Gasteiger partial charge is 0.496 e. The van der Waals surface area contributed by atoms with Crippen LogP contribution in [0.2, 0.25) is 0 Å². The number of nitrogens with one attached hydrogen (secondary N) is 1. The number of hydrogen-bond donors (Lipinski definition) is 1. The van der Waals surface area contributed by atoms with Crippen LogP contribution in [0.5, 0.6) is 5.75 Å². The lowest BCUT2D eigenvalue weighted by Crippen LogP contribution is -2.05. The molecule has 0 aliphatic rings. The van der Waals surface area contributed by atoms with Crippen LogP contribution >= 0.6 is 0 Å². The maximum absolute atomic E-state index is 12.0. The zero-order chi connectivity index (χ0) is 17.6. The van der Waals surface area contributed by atoms with Gasteiger partial charge in [0.25, 0.3) is 0 Å². The van der Waals surface area contributed by atoms with E-state index in [0.717, 1.165) is 16.6 Å². The quantitative estimate of drug-likeness (QED) is 0.574. The molecule has 0 aliphatic heterocycles. The zero-order valence-corrected chi connectivity index (χ0v) is 14.0. The van der Waals surface area contributed by atoms with Crippen molar-refractivity contribution in [1.29, 1.82) is 0 Å². The number of aryl methyl sites for hydroxylation is 1. The maximum atomic E-state index is 12.0. The Morgan fingerprint density at radius 2 is 2.24 bits per heavy atom.